The Morgan fingerprint density at radius 3 is 2.72 bits per heavy atom. The molecule has 2 aromatic carbocycles. The summed E-state index contributed by atoms with van der Waals surface area (Å²) < 4.78 is 6.72. The Morgan fingerprint density at radius 2 is 2.04 bits per heavy atom. The van der Waals surface area contributed by atoms with E-state index in [0.717, 1.165) is 22.4 Å². The van der Waals surface area contributed by atoms with Crippen LogP contribution in [0.2, 0.25) is 10.0 Å². The van der Waals surface area contributed by atoms with Crippen molar-refractivity contribution in [2.75, 3.05) is 12.8 Å². The number of nitrogens with two attached hydrogens (primary N) is 1. The lowest BCUT2D eigenvalue weighted by molar-refractivity contribution is 0.0601. The Kier molecular flexibility index (Phi) is 4.62. The van der Waals surface area contributed by atoms with Gasteiger partial charge in [-0.25, -0.2) is 9.78 Å². The van der Waals surface area contributed by atoms with Crippen molar-refractivity contribution >= 4 is 45.9 Å². The van der Waals surface area contributed by atoms with E-state index in [9.17, 15) is 4.79 Å². The number of aromatic nitrogens is 2. The van der Waals surface area contributed by atoms with Crippen molar-refractivity contribution in [2.24, 2.45) is 7.05 Å². The van der Waals surface area contributed by atoms with Gasteiger partial charge in [-0.15, -0.1) is 0 Å². The first kappa shape index (κ1) is 17.6. The number of nitrogen functional groups attached to an aromatic ring is 1. The number of methoxy groups -OCH3 is 1. The molecule has 130 valence electrons. The molecule has 0 amide bonds. The van der Waals surface area contributed by atoms with Crippen LogP contribution in [0.3, 0.4) is 0 Å². The highest BCUT2D eigenvalue weighted by Crippen LogP contribution is 2.32. The Bertz CT molecular complexity index is 996. The van der Waals surface area contributed by atoms with E-state index in [1.165, 1.54) is 7.11 Å². The molecule has 0 aliphatic carbocycles. The van der Waals surface area contributed by atoms with Crippen LogP contribution in [0.5, 0.6) is 0 Å². The van der Waals surface area contributed by atoms with Gasteiger partial charge >= 0.3 is 5.97 Å². The summed E-state index contributed by atoms with van der Waals surface area (Å²) in [4.78, 5) is 16.6. The van der Waals surface area contributed by atoms with E-state index in [1.807, 2.05) is 30.7 Å². The number of rotatable bonds is 3. The molecule has 5 nitrogen and oxygen atoms in total. The van der Waals surface area contributed by atoms with Gasteiger partial charge < -0.3 is 15.0 Å². The molecular formula is C18H17Cl2N3O2. The number of carbonyl (C=O) groups excluding carboxylic acids is 1. The number of halogens is 2. The normalized spacial score (nSPS) is 11.1. The van der Waals surface area contributed by atoms with Crippen LogP contribution in [0.25, 0.3) is 11.0 Å². The number of hydrogen-bond donors (Lipinski definition) is 1. The Morgan fingerprint density at radius 1 is 1.32 bits per heavy atom. The molecule has 3 aromatic rings. The fraction of sp³-hybridized carbons (Fsp3) is 0.222. The summed E-state index contributed by atoms with van der Waals surface area (Å²) in [5, 5.41) is 0.753. The zero-order valence-corrected chi connectivity index (χ0v) is 15.6. The number of carbonyl (C=O) groups is 1. The van der Waals surface area contributed by atoms with Crippen molar-refractivity contribution in [2.45, 2.75) is 13.3 Å². The first-order valence-corrected chi connectivity index (χ1v) is 8.35. The number of nitrogens with zero attached hydrogens (tertiary/aromatic N) is 2. The maximum atomic E-state index is 11.9. The smallest absolute Gasteiger partial charge is 0.339 e. The van der Waals surface area contributed by atoms with E-state index < -0.39 is 5.97 Å². The van der Waals surface area contributed by atoms with Crippen LogP contribution in [-0.2, 0) is 18.2 Å². The van der Waals surface area contributed by atoms with Gasteiger partial charge in [0.1, 0.15) is 5.82 Å². The Balaban J connectivity index is 2.12. The molecule has 1 heterocycles. The standard InChI is InChI=1S/C18H17Cl2N3O2/c1-9-6-10(21)7-14-17(9)22-15(23(14)2)8-12-13(19)5-4-11(16(12)20)18(24)25-3/h4-7H,8,21H2,1-3H3. The summed E-state index contributed by atoms with van der Waals surface area (Å²) in [5.41, 5.74) is 10.3. The maximum absolute atomic E-state index is 11.9. The van der Waals surface area contributed by atoms with Crippen LogP contribution in [0.15, 0.2) is 24.3 Å². The molecule has 3 rings (SSSR count). The molecule has 25 heavy (non-hydrogen) atoms. The van der Waals surface area contributed by atoms with E-state index >= 15 is 0 Å². The van der Waals surface area contributed by atoms with E-state index in [-0.39, 0.29) is 10.6 Å². The van der Waals surface area contributed by atoms with Crippen molar-refractivity contribution < 1.29 is 9.53 Å². The SMILES string of the molecule is COC(=O)c1ccc(Cl)c(Cc2nc3c(C)cc(N)cc3n2C)c1Cl. The number of aryl methyl sites for hydroxylation is 2. The molecule has 0 saturated heterocycles. The van der Waals surface area contributed by atoms with Gasteiger partial charge in [-0.05, 0) is 42.3 Å². The van der Waals surface area contributed by atoms with E-state index in [0.29, 0.717) is 22.7 Å². The lowest BCUT2D eigenvalue weighted by atomic mass is 10.1. The van der Waals surface area contributed by atoms with Crippen LogP contribution in [0.1, 0.15) is 27.3 Å². The molecule has 0 radical (unpaired) electrons. The predicted octanol–water partition coefficient (Wildman–Crippen LogP) is 4.15. The molecule has 0 spiro atoms. The number of ether oxygens (including phenoxy) is 1. The number of esters is 1. The van der Waals surface area contributed by atoms with Crippen LogP contribution in [-0.4, -0.2) is 22.6 Å². The third-order valence-corrected chi connectivity index (χ3v) is 5.00. The van der Waals surface area contributed by atoms with Gasteiger partial charge in [0.2, 0.25) is 0 Å². The Labute approximate surface area is 155 Å². The van der Waals surface area contributed by atoms with Crippen molar-refractivity contribution in [3.05, 3.63) is 56.8 Å². The third-order valence-electron chi connectivity index (χ3n) is 4.22. The second kappa shape index (κ2) is 6.58. The summed E-state index contributed by atoms with van der Waals surface area (Å²) in [5.74, 6) is 0.269. The van der Waals surface area contributed by atoms with E-state index in [2.05, 4.69) is 0 Å². The molecule has 0 aliphatic heterocycles. The molecule has 0 unspecified atom stereocenters. The number of imidazole rings is 1. The van der Waals surface area contributed by atoms with Gasteiger partial charge in [0, 0.05) is 24.2 Å². The number of anilines is 1. The summed E-state index contributed by atoms with van der Waals surface area (Å²) in [6.45, 7) is 1.97. The molecule has 7 heteroatoms. The van der Waals surface area contributed by atoms with Gasteiger partial charge in [0.25, 0.3) is 0 Å². The monoisotopic (exact) mass is 377 g/mol. The topological polar surface area (TPSA) is 70.1 Å². The largest absolute Gasteiger partial charge is 0.465 e. The number of hydrogen-bond acceptors (Lipinski definition) is 4. The van der Waals surface area contributed by atoms with Gasteiger partial charge in [0.15, 0.2) is 0 Å². The molecule has 0 fully saturated rings. The van der Waals surface area contributed by atoms with Crippen LogP contribution >= 0.6 is 23.2 Å². The summed E-state index contributed by atoms with van der Waals surface area (Å²) in [6.07, 6.45) is 0.382. The molecular weight excluding hydrogens is 361 g/mol. The van der Waals surface area contributed by atoms with Crippen molar-refractivity contribution in [1.29, 1.82) is 0 Å². The summed E-state index contributed by atoms with van der Waals surface area (Å²) >= 11 is 12.7. The minimum atomic E-state index is -0.503. The fourth-order valence-electron chi connectivity index (χ4n) is 2.88. The van der Waals surface area contributed by atoms with Gasteiger partial charge in [-0.1, -0.05) is 23.2 Å². The summed E-state index contributed by atoms with van der Waals surface area (Å²) in [7, 11) is 3.22. The minimum absolute atomic E-state index is 0.280. The number of benzene rings is 2. The van der Waals surface area contributed by atoms with Crippen LogP contribution < -0.4 is 5.73 Å². The molecule has 0 aliphatic rings. The van der Waals surface area contributed by atoms with Crippen molar-refractivity contribution in [1.82, 2.24) is 9.55 Å². The second-order valence-electron chi connectivity index (χ2n) is 5.85. The van der Waals surface area contributed by atoms with Crippen molar-refractivity contribution in [3.8, 4) is 0 Å². The maximum Gasteiger partial charge on any atom is 0.339 e. The molecule has 0 atom stereocenters. The third kappa shape index (κ3) is 3.05. The predicted molar refractivity (Wildman–Crippen MR) is 100 cm³/mol. The van der Waals surface area contributed by atoms with Gasteiger partial charge in [-0.3, -0.25) is 0 Å². The van der Waals surface area contributed by atoms with Gasteiger partial charge in [0.05, 0.1) is 28.7 Å². The van der Waals surface area contributed by atoms with E-state index in [4.69, 9.17) is 38.7 Å². The molecule has 2 N–H and O–H groups in total. The van der Waals surface area contributed by atoms with Crippen LogP contribution in [0, 0.1) is 6.92 Å². The average molecular weight is 378 g/mol. The first-order chi connectivity index (χ1) is 11.8. The quantitative estimate of drug-likeness (QED) is 0.549. The summed E-state index contributed by atoms with van der Waals surface area (Å²) in [6, 6.07) is 6.96. The van der Waals surface area contributed by atoms with Crippen LogP contribution in [0.4, 0.5) is 5.69 Å². The minimum Gasteiger partial charge on any atom is -0.465 e. The zero-order chi connectivity index (χ0) is 18.3. The lowest BCUT2D eigenvalue weighted by Gasteiger charge is -2.10. The van der Waals surface area contributed by atoms with E-state index in [1.54, 1.807) is 12.1 Å². The molecule has 0 bridgehead atoms. The van der Waals surface area contributed by atoms with Gasteiger partial charge in [-0.2, -0.15) is 0 Å². The fourth-order valence-corrected chi connectivity index (χ4v) is 3.46. The zero-order valence-electron chi connectivity index (χ0n) is 14.1. The first-order valence-electron chi connectivity index (χ1n) is 7.60. The number of fused-ring (bicyclic) bond motifs is 1. The highest BCUT2D eigenvalue weighted by atomic mass is 35.5. The highest BCUT2D eigenvalue weighted by molar-refractivity contribution is 6.38. The average Bonchev–Trinajstić information content (AvgIpc) is 2.88. The van der Waals surface area contributed by atoms with Crippen molar-refractivity contribution in [3.63, 3.8) is 0 Å². The molecule has 0 saturated carbocycles. The highest BCUT2D eigenvalue weighted by Gasteiger charge is 2.19. The molecule has 1 aromatic heterocycles. The lowest BCUT2D eigenvalue weighted by Crippen LogP contribution is -2.06. The second-order valence-corrected chi connectivity index (χ2v) is 6.63. The Hall–Kier alpha value is -2.24.